The van der Waals surface area contributed by atoms with Gasteiger partial charge in [-0.1, -0.05) is 13.8 Å². The van der Waals surface area contributed by atoms with E-state index >= 15 is 0 Å². The Morgan fingerprint density at radius 2 is 2.11 bits per heavy atom. The van der Waals surface area contributed by atoms with E-state index in [4.69, 9.17) is 4.74 Å². The van der Waals surface area contributed by atoms with Gasteiger partial charge in [0.1, 0.15) is 5.41 Å². The summed E-state index contributed by atoms with van der Waals surface area (Å²) < 4.78 is 5.29. The van der Waals surface area contributed by atoms with Crippen LogP contribution in [0.3, 0.4) is 0 Å². The van der Waals surface area contributed by atoms with Crippen LogP contribution in [0.4, 0.5) is 0 Å². The molecule has 4 heteroatoms. The van der Waals surface area contributed by atoms with Gasteiger partial charge in [-0.05, 0) is 31.6 Å². The van der Waals surface area contributed by atoms with E-state index in [1.165, 1.54) is 0 Å². The fourth-order valence-corrected chi connectivity index (χ4v) is 3.11. The van der Waals surface area contributed by atoms with Crippen molar-refractivity contribution in [3.05, 3.63) is 0 Å². The lowest BCUT2D eigenvalue weighted by atomic mass is 9.80. The number of likely N-dealkylation sites (tertiary alicyclic amines) is 1. The fourth-order valence-electron chi connectivity index (χ4n) is 3.11. The van der Waals surface area contributed by atoms with Gasteiger partial charge in [0.15, 0.2) is 0 Å². The number of carbonyl (C=O) groups excluding carboxylic acids is 1. The number of hydrogen-bond acceptors (Lipinski definition) is 3. The Hall–Kier alpha value is -1.08. The quantitative estimate of drug-likeness (QED) is 0.752. The van der Waals surface area contributed by atoms with Gasteiger partial charge in [0.05, 0.1) is 6.07 Å². The van der Waals surface area contributed by atoms with Crippen LogP contribution in [0.5, 0.6) is 0 Å². The minimum atomic E-state index is -0.824. The number of hydrogen-bond donors (Lipinski definition) is 0. The molecular formula is C14H22N2O2. The van der Waals surface area contributed by atoms with Crippen LogP contribution in [0.1, 0.15) is 39.5 Å². The molecule has 0 spiro atoms. The van der Waals surface area contributed by atoms with Gasteiger partial charge in [-0.25, -0.2) is 0 Å². The maximum absolute atomic E-state index is 12.7. The van der Waals surface area contributed by atoms with E-state index in [1.54, 1.807) is 0 Å². The highest BCUT2D eigenvalue weighted by molar-refractivity contribution is 5.86. The average Bonchev–Trinajstić information content (AvgIpc) is 2.88. The van der Waals surface area contributed by atoms with Gasteiger partial charge in [-0.2, -0.15) is 5.26 Å². The van der Waals surface area contributed by atoms with Crippen LogP contribution in [-0.2, 0) is 9.53 Å². The topological polar surface area (TPSA) is 53.3 Å². The molecule has 1 amide bonds. The molecule has 1 unspecified atom stereocenters. The molecule has 0 aliphatic carbocycles. The molecule has 0 radical (unpaired) electrons. The van der Waals surface area contributed by atoms with Crippen LogP contribution >= 0.6 is 0 Å². The van der Waals surface area contributed by atoms with Crippen LogP contribution in [0.2, 0.25) is 0 Å². The average molecular weight is 250 g/mol. The lowest BCUT2D eigenvalue weighted by Gasteiger charge is -2.36. The Bertz CT molecular complexity index is 353. The molecule has 18 heavy (non-hydrogen) atoms. The molecule has 0 saturated carbocycles. The van der Waals surface area contributed by atoms with Crippen molar-refractivity contribution in [3.63, 3.8) is 0 Å². The van der Waals surface area contributed by atoms with Crippen LogP contribution < -0.4 is 0 Å². The summed E-state index contributed by atoms with van der Waals surface area (Å²) in [6, 6.07) is 2.59. The van der Waals surface area contributed by atoms with Crippen LogP contribution in [0.25, 0.3) is 0 Å². The molecule has 0 N–H and O–H groups in total. The normalized spacial score (nSPS) is 27.2. The molecular weight excluding hydrogens is 228 g/mol. The lowest BCUT2D eigenvalue weighted by molar-refractivity contribution is -0.145. The Morgan fingerprint density at radius 3 is 2.67 bits per heavy atom. The first-order chi connectivity index (χ1) is 8.60. The molecule has 100 valence electrons. The number of amides is 1. The van der Waals surface area contributed by atoms with Crippen LogP contribution in [0, 0.1) is 22.7 Å². The summed E-state index contributed by atoms with van der Waals surface area (Å²) in [4.78, 5) is 14.7. The molecule has 2 saturated heterocycles. The smallest absolute Gasteiger partial charge is 0.243 e. The van der Waals surface area contributed by atoms with Gasteiger partial charge < -0.3 is 9.64 Å². The zero-order valence-corrected chi connectivity index (χ0v) is 11.3. The number of nitrogens with zero attached hydrogens (tertiary/aromatic N) is 2. The molecule has 2 aliphatic heterocycles. The number of nitriles is 1. The first kappa shape index (κ1) is 13.4. The first-order valence-electron chi connectivity index (χ1n) is 6.91. The SMILES string of the molecule is CC(C)C1CCCN1C(=O)C1(C#N)CCOCC1. The molecule has 2 rings (SSSR count). The van der Waals surface area contributed by atoms with E-state index in [0.29, 0.717) is 38.0 Å². The van der Waals surface area contributed by atoms with Crippen molar-refractivity contribution in [2.24, 2.45) is 11.3 Å². The van der Waals surface area contributed by atoms with Crippen molar-refractivity contribution in [2.75, 3.05) is 19.8 Å². The number of rotatable bonds is 2. The van der Waals surface area contributed by atoms with Crippen molar-refractivity contribution in [1.82, 2.24) is 4.90 Å². The Balaban J connectivity index is 2.16. The van der Waals surface area contributed by atoms with Gasteiger partial charge in [-0.3, -0.25) is 4.79 Å². The third-order valence-corrected chi connectivity index (χ3v) is 4.30. The zero-order valence-electron chi connectivity index (χ0n) is 11.3. The highest BCUT2D eigenvalue weighted by Gasteiger charge is 2.46. The van der Waals surface area contributed by atoms with E-state index in [9.17, 15) is 10.1 Å². The predicted octanol–water partition coefficient (Wildman–Crippen LogP) is 1.95. The number of carbonyl (C=O) groups is 1. The van der Waals surface area contributed by atoms with Gasteiger partial charge in [0, 0.05) is 25.8 Å². The third-order valence-electron chi connectivity index (χ3n) is 4.30. The van der Waals surface area contributed by atoms with Crippen molar-refractivity contribution < 1.29 is 9.53 Å². The fraction of sp³-hybridized carbons (Fsp3) is 0.857. The Morgan fingerprint density at radius 1 is 1.44 bits per heavy atom. The second-order valence-electron chi connectivity index (χ2n) is 5.76. The number of ether oxygens (including phenoxy) is 1. The monoisotopic (exact) mass is 250 g/mol. The predicted molar refractivity (Wildman–Crippen MR) is 67.7 cm³/mol. The zero-order chi connectivity index (χ0) is 13.2. The molecule has 2 fully saturated rings. The molecule has 2 heterocycles. The maximum Gasteiger partial charge on any atom is 0.243 e. The molecule has 0 bridgehead atoms. The third kappa shape index (κ3) is 2.24. The lowest BCUT2D eigenvalue weighted by Crippen LogP contribution is -2.49. The molecule has 1 atom stereocenters. The standard InChI is InChI=1S/C14H22N2O2/c1-11(2)12-4-3-7-16(12)13(17)14(10-15)5-8-18-9-6-14/h11-12H,3-9H2,1-2H3. The van der Waals surface area contributed by atoms with Crippen LogP contribution in [0.15, 0.2) is 0 Å². The van der Waals surface area contributed by atoms with Crippen molar-refractivity contribution in [2.45, 2.75) is 45.6 Å². The molecule has 4 nitrogen and oxygen atoms in total. The molecule has 0 aromatic carbocycles. The summed E-state index contributed by atoms with van der Waals surface area (Å²) in [5.74, 6) is 0.511. The van der Waals surface area contributed by atoms with Crippen LogP contribution in [-0.4, -0.2) is 36.6 Å². The first-order valence-corrected chi connectivity index (χ1v) is 6.91. The minimum absolute atomic E-state index is 0.0458. The largest absolute Gasteiger partial charge is 0.381 e. The van der Waals surface area contributed by atoms with E-state index in [2.05, 4.69) is 19.9 Å². The summed E-state index contributed by atoms with van der Waals surface area (Å²) in [6.07, 6.45) is 3.22. The van der Waals surface area contributed by atoms with E-state index in [-0.39, 0.29) is 5.91 Å². The summed E-state index contributed by atoms with van der Waals surface area (Å²) in [5.41, 5.74) is -0.824. The Labute approximate surface area is 109 Å². The van der Waals surface area contributed by atoms with Gasteiger partial charge >= 0.3 is 0 Å². The van der Waals surface area contributed by atoms with Crippen molar-refractivity contribution >= 4 is 5.91 Å². The highest BCUT2D eigenvalue weighted by atomic mass is 16.5. The van der Waals surface area contributed by atoms with E-state index in [0.717, 1.165) is 19.4 Å². The summed E-state index contributed by atoms with van der Waals surface area (Å²) in [6.45, 7) is 6.17. The summed E-state index contributed by atoms with van der Waals surface area (Å²) >= 11 is 0. The highest BCUT2D eigenvalue weighted by Crippen LogP contribution is 2.35. The van der Waals surface area contributed by atoms with Gasteiger partial charge in [-0.15, -0.1) is 0 Å². The van der Waals surface area contributed by atoms with Gasteiger partial charge in [0.2, 0.25) is 5.91 Å². The molecule has 0 aromatic heterocycles. The van der Waals surface area contributed by atoms with E-state index in [1.807, 2.05) is 4.90 Å². The van der Waals surface area contributed by atoms with Crippen molar-refractivity contribution in [1.29, 1.82) is 5.26 Å². The second kappa shape index (κ2) is 5.27. The van der Waals surface area contributed by atoms with Crippen molar-refractivity contribution in [3.8, 4) is 6.07 Å². The summed E-state index contributed by atoms with van der Waals surface area (Å²) in [7, 11) is 0. The second-order valence-corrected chi connectivity index (χ2v) is 5.76. The Kier molecular flexibility index (Phi) is 3.91. The summed E-state index contributed by atoms with van der Waals surface area (Å²) in [5, 5.41) is 9.44. The molecule has 0 aromatic rings. The molecule has 2 aliphatic rings. The van der Waals surface area contributed by atoms with Gasteiger partial charge in [0.25, 0.3) is 0 Å². The maximum atomic E-state index is 12.7. The van der Waals surface area contributed by atoms with E-state index < -0.39 is 5.41 Å². The minimum Gasteiger partial charge on any atom is -0.381 e.